The summed E-state index contributed by atoms with van der Waals surface area (Å²) < 4.78 is 5.28. The predicted molar refractivity (Wildman–Crippen MR) is 71.1 cm³/mol. The maximum Gasteiger partial charge on any atom is 0.326 e. The van der Waals surface area contributed by atoms with Crippen LogP contribution in [0.3, 0.4) is 0 Å². The van der Waals surface area contributed by atoms with Crippen molar-refractivity contribution >= 4 is 12.0 Å². The van der Waals surface area contributed by atoms with Gasteiger partial charge in [0.1, 0.15) is 6.04 Å². The number of methoxy groups -OCH3 is 1. The van der Waals surface area contributed by atoms with E-state index in [9.17, 15) is 9.59 Å². The van der Waals surface area contributed by atoms with Gasteiger partial charge in [-0.3, -0.25) is 0 Å². The van der Waals surface area contributed by atoms with Crippen LogP contribution in [0, 0.1) is 0 Å². The van der Waals surface area contributed by atoms with Crippen LogP contribution in [0.4, 0.5) is 4.79 Å². The third-order valence-corrected chi connectivity index (χ3v) is 3.52. The Labute approximate surface area is 113 Å². The molecular formula is C13H24N2O4. The van der Waals surface area contributed by atoms with E-state index in [-0.39, 0.29) is 12.1 Å². The molecule has 2 amide bonds. The molecule has 1 rings (SSSR count). The van der Waals surface area contributed by atoms with Gasteiger partial charge in [0.05, 0.1) is 12.1 Å². The summed E-state index contributed by atoms with van der Waals surface area (Å²) in [4.78, 5) is 22.8. The van der Waals surface area contributed by atoms with Gasteiger partial charge in [-0.2, -0.15) is 0 Å². The summed E-state index contributed by atoms with van der Waals surface area (Å²) in [6, 6.07) is -1.26. The van der Waals surface area contributed by atoms with Crippen LogP contribution < -0.4 is 10.6 Å². The third-order valence-electron chi connectivity index (χ3n) is 3.52. The monoisotopic (exact) mass is 272 g/mol. The molecule has 19 heavy (non-hydrogen) atoms. The SMILES string of the molecule is CCCC[C@H](NC(=O)NC1CCCC1OC)C(=O)O. The van der Waals surface area contributed by atoms with Crippen LogP contribution in [0.5, 0.6) is 0 Å². The topological polar surface area (TPSA) is 87.7 Å². The fourth-order valence-corrected chi connectivity index (χ4v) is 2.41. The molecule has 1 saturated carbocycles. The first kappa shape index (κ1) is 15.8. The van der Waals surface area contributed by atoms with Crippen LogP contribution in [-0.4, -0.2) is 42.4 Å². The predicted octanol–water partition coefficient (Wildman–Crippen LogP) is 1.50. The first-order chi connectivity index (χ1) is 9.08. The molecule has 3 N–H and O–H groups in total. The molecule has 0 aromatic carbocycles. The smallest absolute Gasteiger partial charge is 0.326 e. The van der Waals surface area contributed by atoms with Crippen molar-refractivity contribution in [3.05, 3.63) is 0 Å². The number of carboxylic acids is 1. The molecule has 6 heteroatoms. The second-order valence-corrected chi connectivity index (χ2v) is 4.96. The average Bonchev–Trinajstić information content (AvgIpc) is 2.81. The van der Waals surface area contributed by atoms with Crippen molar-refractivity contribution in [1.82, 2.24) is 10.6 Å². The van der Waals surface area contributed by atoms with Crippen molar-refractivity contribution in [2.75, 3.05) is 7.11 Å². The number of ether oxygens (including phenoxy) is 1. The Kier molecular flexibility index (Phi) is 6.62. The molecular weight excluding hydrogens is 248 g/mol. The van der Waals surface area contributed by atoms with E-state index >= 15 is 0 Å². The average molecular weight is 272 g/mol. The van der Waals surface area contributed by atoms with Gasteiger partial charge in [0.2, 0.25) is 0 Å². The zero-order valence-electron chi connectivity index (χ0n) is 11.6. The van der Waals surface area contributed by atoms with Gasteiger partial charge in [-0.05, 0) is 25.7 Å². The number of carboxylic acid groups (broad SMARTS) is 1. The Balaban J connectivity index is 2.41. The molecule has 110 valence electrons. The molecule has 0 radical (unpaired) electrons. The van der Waals surface area contributed by atoms with Gasteiger partial charge in [0.25, 0.3) is 0 Å². The molecule has 0 aromatic rings. The molecule has 1 fully saturated rings. The van der Waals surface area contributed by atoms with Gasteiger partial charge < -0.3 is 20.5 Å². The third kappa shape index (κ3) is 5.06. The van der Waals surface area contributed by atoms with Crippen molar-refractivity contribution in [2.45, 2.75) is 63.6 Å². The van der Waals surface area contributed by atoms with Crippen LogP contribution in [0.15, 0.2) is 0 Å². The number of carbonyl (C=O) groups is 2. The number of urea groups is 1. The summed E-state index contributed by atoms with van der Waals surface area (Å²) in [6.07, 6.45) is 4.99. The quantitative estimate of drug-likeness (QED) is 0.655. The van der Waals surface area contributed by atoms with Crippen LogP contribution in [0.25, 0.3) is 0 Å². The standard InChI is InChI=1S/C13H24N2O4/c1-3-4-6-10(12(16)17)15-13(18)14-9-7-5-8-11(9)19-2/h9-11H,3-8H2,1-2H3,(H,16,17)(H2,14,15,18)/t9?,10-,11?/m0/s1. The number of hydrogen-bond acceptors (Lipinski definition) is 3. The lowest BCUT2D eigenvalue weighted by atomic mass is 10.1. The van der Waals surface area contributed by atoms with Gasteiger partial charge in [-0.25, -0.2) is 9.59 Å². The van der Waals surface area contributed by atoms with Crippen molar-refractivity contribution in [3.8, 4) is 0 Å². The Morgan fingerprint density at radius 3 is 2.74 bits per heavy atom. The highest BCUT2D eigenvalue weighted by Crippen LogP contribution is 2.21. The van der Waals surface area contributed by atoms with Gasteiger partial charge in [-0.1, -0.05) is 19.8 Å². The number of hydrogen-bond donors (Lipinski definition) is 3. The highest BCUT2D eigenvalue weighted by molar-refractivity contribution is 5.82. The maximum atomic E-state index is 11.8. The Bertz CT molecular complexity index is 309. The first-order valence-electron chi connectivity index (χ1n) is 6.91. The molecule has 0 spiro atoms. The van der Waals surface area contributed by atoms with Crippen molar-refractivity contribution in [1.29, 1.82) is 0 Å². The van der Waals surface area contributed by atoms with E-state index in [2.05, 4.69) is 10.6 Å². The minimum absolute atomic E-state index is 0.0226. The molecule has 1 aliphatic carbocycles. The summed E-state index contributed by atoms with van der Waals surface area (Å²) in [5, 5.41) is 14.4. The molecule has 0 saturated heterocycles. The number of carbonyl (C=O) groups excluding carboxylic acids is 1. The summed E-state index contributed by atoms with van der Waals surface area (Å²) in [6.45, 7) is 1.99. The van der Waals surface area contributed by atoms with E-state index in [1.807, 2.05) is 6.92 Å². The normalized spacial score (nSPS) is 23.9. The minimum atomic E-state index is -0.988. The molecule has 0 bridgehead atoms. The second kappa shape index (κ2) is 7.99. The number of amides is 2. The summed E-state index contributed by atoms with van der Waals surface area (Å²) in [5.41, 5.74) is 0. The fourth-order valence-electron chi connectivity index (χ4n) is 2.41. The second-order valence-electron chi connectivity index (χ2n) is 4.96. The highest BCUT2D eigenvalue weighted by atomic mass is 16.5. The van der Waals surface area contributed by atoms with Crippen LogP contribution in [0.2, 0.25) is 0 Å². The van der Waals surface area contributed by atoms with Crippen LogP contribution >= 0.6 is 0 Å². The minimum Gasteiger partial charge on any atom is -0.480 e. The lowest BCUT2D eigenvalue weighted by Crippen LogP contribution is -2.50. The number of nitrogens with one attached hydrogen (secondary N) is 2. The number of unbranched alkanes of at least 4 members (excludes halogenated alkanes) is 1. The van der Waals surface area contributed by atoms with Gasteiger partial charge in [-0.15, -0.1) is 0 Å². The molecule has 3 atom stereocenters. The molecule has 6 nitrogen and oxygen atoms in total. The lowest BCUT2D eigenvalue weighted by Gasteiger charge is -2.21. The fraction of sp³-hybridized carbons (Fsp3) is 0.846. The van der Waals surface area contributed by atoms with E-state index in [0.717, 1.165) is 32.1 Å². The molecule has 2 unspecified atom stereocenters. The molecule has 0 aliphatic heterocycles. The summed E-state index contributed by atoms with van der Waals surface area (Å²) in [5.74, 6) is -0.988. The van der Waals surface area contributed by atoms with Crippen molar-refractivity contribution in [2.24, 2.45) is 0 Å². The largest absolute Gasteiger partial charge is 0.480 e. The Morgan fingerprint density at radius 2 is 2.16 bits per heavy atom. The van der Waals surface area contributed by atoms with Crippen molar-refractivity contribution in [3.63, 3.8) is 0 Å². The van der Waals surface area contributed by atoms with E-state index in [4.69, 9.17) is 9.84 Å². The summed E-state index contributed by atoms with van der Waals surface area (Å²) >= 11 is 0. The van der Waals surface area contributed by atoms with E-state index in [1.165, 1.54) is 0 Å². The molecule has 1 aliphatic rings. The van der Waals surface area contributed by atoms with Gasteiger partial charge >= 0.3 is 12.0 Å². The summed E-state index contributed by atoms with van der Waals surface area (Å²) in [7, 11) is 1.63. The maximum absolute atomic E-state index is 11.8. The lowest BCUT2D eigenvalue weighted by molar-refractivity contribution is -0.139. The van der Waals surface area contributed by atoms with Gasteiger partial charge in [0, 0.05) is 7.11 Å². The van der Waals surface area contributed by atoms with E-state index in [1.54, 1.807) is 7.11 Å². The number of rotatable bonds is 7. The zero-order valence-corrected chi connectivity index (χ0v) is 11.6. The van der Waals surface area contributed by atoms with E-state index in [0.29, 0.717) is 6.42 Å². The highest BCUT2D eigenvalue weighted by Gasteiger charge is 2.29. The van der Waals surface area contributed by atoms with Crippen LogP contribution in [-0.2, 0) is 9.53 Å². The first-order valence-corrected chi connectivity index (χ1v) is 6.91. The molecule has 0 heterocycles. The Morgan fingerprint density at radius 1 is 1.42 bits per heavy atom. The Hall–Kier alpha value is -1.30. The molecule has 0 aromatic heterocycles. The van der Waals surface area contributed by atoms with Crippen LogP contribution in [0.1, 0.15) is 45.4 Å². The van der Waals surface area contributed by atoms with E-state index < -0.39 is 18.0 Å². The number of aliphatic carboxylic acids is 1. The van der Waals surface area contributed by atoms with Gasteiger partial charge in [0.15, 0.2) is 0 Å². The zero-order chi connectivity index (χ0) is 14.3. The van der Waals surface area contributed by atoms with Crippen molar-refractivity contribution < 1.29 is 19.4 Å².